The Morgan fingerprint density at radius 2 is 2.24 bits per heavy atom. The minimum absolute atomic E-state index is 0.0551. The molecule has 0 N–H and O–H groups in total. The lowest BCUT2D eigenvalue weighted by Crippen LogP contribution is -2.44. The van der Waals surface area contributed by atoms with Crippen LogP contribution in [0.2, 0.25) is 0 Å². The highest BCUT2D eigenvalue weighted by Gasteiger charge is 2.23. The van der Waals surface area contributed by atoms with Crippen molar-refractivity contribution >= 4 is 37.8 Å². The third kappa shape index (κ3) is 3.09. The van der Waals surface area contributed by atoms with Crippen molar-refractivity contribution in [3.63, 3.8) is 0 Å². The van der Waals surface area contributed by atoms with Crippen molar-refractivity contribution in [1.29, 1.82) is 0 Å². The summed E-state index contributed by atoms with van der Waals surface area (Å²) < 4.78 is 7.20. The highest BCUT2D eigenvalue weighted by molar-refractivity contribution is 9.11. The molecule has 5 heteroatoms. The van der Waals surface area contributed by atoms with Gasteiger partial charge in [-0.1, -0.05) is 15.9 Å². The summed E-state index contributed by atoms with van der Waals surface area (Å²) in [6, 6.07) is 5.59. The molecule has 1 aliphatic rings. The van der Waals surface area contributed by atoms with E-state index in [4.69, 9.17) is 4.74 Å². The first kappa shape index (κ1) is 13.1. The van der Waals surface area contributed by atoms with E-state index in [0.29, 0.717) is 25.3 Å². The van der Waals surface area contributed by atoms with Crippen LogP contribution in [0.3, 0.4) is 0 Å². The van der Waals surface area contributed by atoms with E-state index in [9.17, 15) is 4.79 Å². The monoisotopic (exact) mass is 361 g/mol. The van der Waals surface area contributed by atoms with Crippen LogP contribution in [0.1, 0.15) is 17.3 Å². The summed E-state index contributed by atoms with van der Waals surface area (Å²) in [5.41, 5.74) is 0.697. The Balaban J connectivity index is 2.18. The fourth-order valence-electron chi connectivity index (χ4n) is 1.84. The van der Waals surface area contributed by atoms with Gasteiger partial charge in [0.25, 0.3) is 5.91 Å². The zero-order valence-corrected chi connectivity index (χ0v) is 12.6. The van der Waals surface area contributed by atoms with Crippen LogP contribution in [0.5, 0.6) is 0 Å². The van der Waals surface area contributed by atoms with Gasteiger partial charge in [0.1, 0.15) is 0 Å². The van der Waals surface area contributed by atoms with E-state index in [1.807, 2.05) is 30.0 Å². The molecule has 0 saturated carbocycles. The molecule has 1 saturated heterocycles. The van der Waals surface area contributed by atoms with Gasteiger partial charge in [0.2, 0.25) is 0 Å². The van der Waals surface area contributed by atoms with Crippen LogP contribution in [-0.2, 0) is 4.74 Å². The minimum atomic E-state index is 0.0551. The van der Waals surface area contributed by atoms with Gasteiger partial charge in [0, 0.05) is 22.0 Å². The number of hydrogen-bond donors (Lipinski definition) is 0. The molecule has 2 rings (SSSR count). The summed E-state index contributed by atoms with van der Waals surface area (Å²) >= 11 is 6.80. The molecule has 1 aromatic carbocycles. The van der Waals surface area contributed by atoms with Gasteiger partial charge in [-0.05, 0) is 41.1 Å². The molecule has 0 aromatic heterocycles. The lowest BCUT2D eigenvalue weighted by molar-refractivity contribution is -0.0124. The van der Waals surface area contributed by atoms with Crippen LogP contribution in [0, 0.1) is 0 Å². The molecule has 0 radical (unpaired) electrons. The first-order valence-electron chi connectivity index (χ1n) is 5.44. The molecule has 0 spiro atoms. The van der Waals surface area contributed by atoms with Gasteiger partial charge in [-0.2, -0.15) is 0 Å². The number of carbonyl (C=O) groups is 1. The number of morpholine rings is 1. The number of carbonyl (C=O) groups excluding carboxylic acids is 1. The van der Waals surface area contributed by atoms with Crippen LogP contribution in [0.25, 0.3) is 0 Å². The van der Waals surface area contributed by atoms with E-state index in [2.05, 4.69) is 31.9 Å². The molecule has 1 aromatic rings. The molecule has 1 fully saturated rings. The van der Waals surface area contributed by atoms with Crippen LogP contribution in [-0.4, -0.2) is 36.6 Å². The lowest BCUT2D eigenvalue weighted by atomic mass is 10.2. The third-order valence-corrected chi connectivity index (χ3v) is 3.84. The predicted molar refractivity (Wildman–Crippen MR) is 73.2 cm³/mol. The molecule has 1 atom stereocenters. The number of halogens is 2. The SMILES string of the molecule is CC1CN(C(=O)c2ccc(Br)cc2Br)CCO1. The minimum Gasteiger partial charge on any atom is -0.375 e. The fourth-order valence-corrected chi connectivity index (χ4v) is 3.05. The van der Waals surface area contributed by atoms with Crippen LogP contribution in [0.4, 0.5) is 0 Å². The first-order chi connectivity index (χ1) is 8.08. The number of nitrogens with zero attached hydrogens (tertiary/aromatic N) is 1. The van der Waals surface area contributed by atoms with Gasteiger partial charge in [-0.3, -0.25) is 4.79 Å². The summed E-state index contributed by atoms with van der Waals surface area (Å²) in [4.78, 5) is 14.1. The molecule has 1 unspecified atom stereocenters. The Morgan fingerprint density at radius 1 is 1.47 bits per heavy atom. The summed E-state index contributed by atoms with van der Waals surface area (Å²) in [6.07, 6.45) is 0.113. The second-order valence-electron chi connectivity index (χ2n) is 4.06. The number of benzene rings is 1. The number of hydrogen-bond acceptors (Lipinski definition) is 2. The second kappa shape index (κ2) is 5.50. The standard InChI is InChI=1S/C12H13Br2NO2/c1-8-7-15(4-5-17-8)12(16)10-3-2-9(13)6-11(10)14/h2-3,6,8H,4-5,7H2,1H3. The van der Waals surface area contributed by atoms with Gasteiger partial charge in [-0.25, -0.2) is 0 Å². The van der Waals surface area contributed by atoms with Crippen molar-refractivity contribution in [3.8, 4) is 0 Å². The Kier molecular flexibility index (Phi) is 4.22. The van der Waals surface area contributed by atoms with E-state index in [-0.39, 0.29) is 12.0 Å². The maximum absolute atomic E-state index is 12.3. The molecule has 1 amide bonds. The Bertz CT molecular complexity index is 437. The van der Waals surface area contributed by atoms with E-state index in [1.165, 1.54) is 0 Å². The second-order valence-corrected chi connectivity index (χ2v) is 5.83. The molecule has 1 aliphatic heterocycles. The normalized spacial score (nSPS) is 20.4. The summed E-state index contributed by atoms with van der Waals surface area (Å²) in [7, 11) is 0. The van der Waals surface area contributed by atoms with Crippen molar-refractivity contribution in [2.24, 2.45) is 0 Å². The first-order valence-corrected chi connectivity index (χ1v) is 7.02. The largest absolute Gasteiger partial charge is 0.375 e. The van der Waals surface area contributed by atoms with Crippen molar-refractivity contribution < 1.29 is 9.53 Å². The van der Waals surface area contributed by atoms with E-state index >= 15 is 0 Å². The fraction of sp³-hybridized carbons (Fsp3) is 0.417. The van der Waals surface area contributed by atoms with Gasteiger partial charge in [-0.15, -0.1) is 0 Å². The van der Waals surface area contributed by atoms with Crippen molar-refractivity contribution in [2.75, 3.05) is 19.7 Å². The molecule has 0 aliphatic carbocycles. The molecular formula is C12H13Br2NO2. The highest BCUT2D eigenvalue weighted by Crippen LogP contribution is 2.23. The maximum atomic E-state index is 12.3. The maximum Gasteiger partial charge on any atom is 0.255 e. The Morgan fingerprint density at radius 3 is 2.88 bits per heavy atom. The van der Waals surface area contributed by atoms with Crippen LogP contribution < -0.4 is 0 Å². The smallest absolute Gasteiger partial charge is 0.255 e. The van der Waals surface area contributed by atoms with Gasteiger partial charge in [0.15, 0.2) is 0 Å². The van der Waals surface area contributed by atoms with E-state index in [1.54, 1.807) is 0 Å². The van der Waals surface area contributed by atoms with Crippen LogP contribution in [0.15, 0.2) is 27.1 Å². The van der Waals surface area contributed by atoms with Crippen molar-refractivity contribution in [2.45, 2.75) is 13.0 Å². The molecular weight excluding hydrogens is 350 g/mol. The Hall–Kier alpha value is -0.390. The molecule has 1 heterocycles. The summed E-state index contributed by atoms with van der Waals surface area (Å²) in [5, 5.41) is 0. The van der Waals surface area contributed by atoms with Crippen molar-refractivity contribution in [1.82, 2.24) is 4.90 Å². The average Bonchev–Trinajstić information content (AvgIpc) is 2.28. The Labute approximate surface area is 117 Å². The number of rotatable bonds is 1. The summed E-state index contributed by atoms with van der Waals surface area (Å²) in [6.45, 7) is 3.91. The van der Waals surface area contributed by atoms with Crippen molar-refractivity contribution in [3.05, 3.63) is 32.7 Å². The predicted octanol–water partition coefficient (Wildman–Crippen LogP) is 3.07. The highest BCUT2D eigenvalue weighted by atomic mass is 79.9. The van der Waals surface area contributed by atoms with E-state index < -0.39 is 0 Å². The van der Waals surface area contributed by atoms with Crippen LogP contribution >= 0.6 is 31.9 Å². The zero-order valence-electron chi connectivity index (χ0n) is 9.45. The summed E-state index contributed by atoms with van der Waals surface area (Å²) in [5.74, 6) is 0.0551. The number of ether oxygens (including phenoxy) is 1. The zero-order chi connectivity index (χ0) is 12.4. The van der Waals surface area contributed by atoms with Gasteiger partial charge in [0.05, 0.1) is 18.3 Å². The molecule has 92 valence electrons. The van der Waals surface area contributed by atoms with Gasteiger partial charge < -0.3 is 9.64 Å². The molecule has 17 heavy (non-hydrogen) atoms. The van der Waals surface area contributed by atoms with E-state index in [0.717, 1.165) is 8.95 Å². The topological polar surface area (TPSA) is 29.5 Å². The van der Waals surface area contributed by atoms with Gasteiger partial charge >= 0.3 is 0 Å². The molecule has 3 nitrogen and oxygen atoms in total. The third-order valence-electron chi connectivity index (χ3n) is 2.69. The average molecular weight is 363 g/mol. The quantitative estimate of drug-likeness (QED) is 0.768. The number of amides is 1. The molecule has 0 bridgehead atoms. The lowest BCUT2D eigenvalue weighted by Gasteiger charge is -2.31.